The first-order valence-electron chi connectivity index (χ1n) is 5.82. The Hall–Kier alpha value is -2.48. The SMILES string of the molecule is Cn1ccc(CNC(=S)Nc2ccc([N+](=O)[O-])cc2)n1. The molecule has 0 aliphatic heterocycles. The van der Waals surface area contributed by atoms with Gasteiger partial charge in [0.05, 0.1) is 17.2 Å². The summed E-state index contributed by atoms with van der Waals surface area (Å²) in [5.74, 6) is 0. The van der Waals surface area contributed by atoms with Crippen LogP contribution < -0.4 is 10.6 Å². The highest BCUT2D eigenvalue weighted by molar-refractivity contribution is 7.80. The van der Waals surface area contributed by atoms with E-state index in [-0.39, 0.29) is 5.69 Å². The van der Waals surface area contributed by atoms with Gasteiger partial charge in [-0.2, -0.15) is 5.10 Å². The van der Waals surface area contributed by atoms with E-state index >= 15 is 0 Å². The Morgan fingerprint density at radius 1 is 1.40 bits per heavy atom. The number of aryl methyl sites for hydroxylation is 1. The van der Waals surface area contributed by atoms with Gasteiger partial charge in [0.25, 0.3) is 5.69 Å². The Morgan fingerprint density at radius 3 is 2.65 bits per heavy atom. The van der Waals surface area contributed by atoms with Crippen molar-refractivity contribution in [2.75, 3.05) is 5.32 Å². The van der Waals surface area contributed by atoms with Gasteiger partial charge in [0.15, 0.2) is 5.11 Å². The lowest BCUT2D eigenvalue weighted by molar-refractivity contribution is -0.384. The lowest BCUT2D eigenvalue weighted by Crippen LogP contribution is -2.28. The van der Waals surface area contributed by atoms with E-state index < -0.39 is 4.92 Å². The molecule has 0 aliphatic rings. The van der Waals surface area contributed by atoms with E-state index in [0.717, 1.165) is 5.69 Å². The van der Waals surface area contributed by atoms with Gasteiger partial charge in [-0.1, -0.05) is 0 Å². The fourth-order valence-electron chi connectivity index (χ4n) is 1.57. The summed E-state index contributed by atoms with van der Waals surface area (Å²) in [5, 5.41) is 21.1. The van der Waals surface area contributed by atoms with Gasteiger partial charge in [-0.05, 0) is 30.4 Å². The Kier molecular flexibility index (Phi) is 4.26. The summed E-state index contributed by atoms with van der Waals surface area (Å²) in [6.45, 7) is 0.514. The maximum absolute atomic E-state index is 10.5. The zero-order valence-electron chi connectivity index (χ0n) is 10.7. The Bertz CT molecular complexity index is 623. The van der Waals surface area contributed by atoms with Crippen molar-refractivity contribution in [3.05, 3.63) is 52.3 Å². The van der Waals surface area contributed by atoms with Crippen molar-refractivity contribution in [3.8, 4) is 0 Å². The molecule has 0 unspecified atom stereocenters. The molecule has 0 radical (unpaired) electrons. The van der Waals surface area contributed by atoms with Crippen LogP contribution in [0.25, 0.3) is 0 Å². The van der Waals surface area contributed by atoms with Crippen molar-refractivity contribution in [1.29, 1.82) is 0 Å². The van der Waals surface area contributed by atoms with Crippen LogP contribution in [0.3, 0.4) is 0 Å². The molecule has 1 heterocycles. The van der Waals surface area contributed by atoms with Gasteiger partial charge < -0.3 is 10.6 Å². The van der Waals surface area contributed by atoms with Gasteiger partial charge in [0.2, 0.25) is 0 Å². The molecule has 0 spiro atoms. The minimum absolute atomic E-state index is 0.0444. The molecule has 1 aromatic heterocycles. The Morgan fingerprint density at radius 2 is 2.10 bits per heavy atom. The Labute approximate surface area is 120 Å². The van der Waals surface area contributed by atoms with Gasteiger partial charge in [0, 0.05) is 31.1 Å². The van der Waals surface area contributed by atoms with Crippen molar-refractivity contribution in [2.24, 2.45) is 7.05 Å². The number of thiocarbonyl (C=S) groups is 1. The molecule has 2 rings (SSSR count). The summed E-state index contributed by atoms with van der Waals surface area (Å²) in [4.78, 5) is 10.1. The van der Waals surface area contributed by atoms with E-state index in [1.54, 1.807) is 16.8 Å². The largest absolute Gasteiger partial charge is 0.357 e. The third-order valence-electron chi connectivity index (χ3n) is 2.53. The highest BCUT2D eigenvalue weighted by Gasteiger charge is 2.05. The molecule has 0 aliphatic carbocycles. The van der Waals surface area contributed by atoms with E-state index in [1.165, 1.54) is 12.1 Å². The fraction of sp³-hybridized carbons (Fsp3) is 0.167. The van der Waals surface area contributed by atoms with Crippen LogP contribution >= 0.6 is 12.2 Å². The maximum Gasteiger partial charge on any atom is 0.269 e. The molecule has 20 heavy (non-hydrogen) atoms. The zero-order valence-corrected chi connectivity index (χ0v) is 11.6. The first-order chi connectivity index (χ1) is 9.54. The Balaban J connectivity index is 1.86. The number of benzene rings is 1. The normalized spacial score (nSPS) is 10.1. The number of rotatable bonds is 4. The van der Waals surface area contributed by atoms with Crippen molar-refractivity contribution in [1.82, 2.24) is 15.1 Å². The quantitative estimate of drug-likeness (QED) is 0.508. The van der Waals surface area contributed by atoms with E-state index in [1.807, 2.05) is 19.3 Å². The lowest BCUT2D eigenvalue weighted by atomic mass is 10.3. The summed E-state index contributed by atoms with van der Waals surface area (Å²) >= 11 is 5.14. The second kappa shape index (κ2) is 6.11. The molecule has 0 saturated carbocycles. The van der Waals surface area contributed by atoms with Gasteiger partial charge in [0.1, 0.15) is 0 Å². The summed E-state index contributed by atoms with van der Waals surface area (Å²) in [7, 11) is 1.84. The number of aromatic nitrogens is 2. The van der Waals surface area contributed by atoms with Gasteiger partial charge in [-0.25, -0.2) is 0 Å². The summed E-state index contributed by atoms with van der Waals surface area (Å²) in [6, 6.07) is 7.94. The number of hydrogen-bond acceptors (Lipinski definition) is 4. The third kappa shape index (κ3) is 3.75. The van der Waals surface area contributed by atoms with Crippen LogP contribution in [0.15, 0.2) is 36.5 Å². The second-order valence-electron chi connectivity index (χ2n) is 4.09. The molecular weight excluding hydrogens is 278 g/mol. The van der Waals surface area contributed by atoms with E-state index in [0.29, 0.717) is 17.3 Å². The van der Waals surface area contributed by atoms with Crippen LogP contribution in [0.2, 0.25) is 0 Å². The number of non-ortho nitro benzene ring substituents is 1. The second-order valence-corrected chi connectivity index (χ2v) is 4.50. The molecule has 0 bridgehead atoms. The first kappa shape index (κ1) is 13.9. The van der Waals surface area contributed by atoms with Crippen molar-refractivity contribution < 1.29 is 4.92 Å². The highest BCUT2D eigenvalue weighted by atomic mass is 32.1. The van der Waals surface area contributed by atoms with Gasteiger partial charge in [-0.15, -0.1) is 0 Å². The molecule has 0 amide bonds. The molecule has 0 fully saturated rings. The number of nitro benzene ring substituents is 1. The van der Waals surface area contributed by atoms with Crippen LogP contribution in [-0.4, -0.2) is 19.8 Å². The molecule has 8 heteroatoms. The number of nitrogens with zero attached hydrogens (tertiary/aromatic N) is 3. The predicted octanol–water partition coefficient (Wildman–Crippen LogP) is 1.81. The molecule has 0 saturated heterocycles. The minimum Gasteiger partial charge on any atom is -0.357 e. The molecule has 2 aromatic rings. The predicted molar refractivity (Wildman–Crippen MR) is 79.4 cm³/mol. The molecule has 0 atom stereocenters. The minimum atomic E-state index is -0.443. The smallest absolute Gasteiger partial charge is 0.269 e. The maximum atomic E-state index is 10.5. The number of nitrogens with one attached hydrogen (secondary N) is 2. The van der Waals surface area contributed by atoms with Crippen LogP contribution in [0.1, 0.15) is 5.69 Å². The van der Waals surface area contributed by atoms with Crippen molar-refractivity contribution in [2.45, 2.75) is 6.54 Å². The standard InChI is InChI=1S/C12H13N5O2S/c1-16-7-6-10(15-16)8-13-12(20)14-9-2-4-11(5-3-9)17(18)19/h2-7H,8H2,1H3,(H2,13,14,20). The van der Waals surface area contributed by atoms with Crippen molar-refractivity contribution >= 4 is 28.7 Å². The number of anilines is 1. The summed E-state index contributed by atoms with van der Waals surface area (Å²) in [5.41, 5.74) is 1.61. The van der Waals surface area contributed by atoms with E-state index in [9.17, 15) is 10.1 Å². The highest BCUT2D eigenvalue weighted by Crippen LogP contribution is 2.15. The molecule has 104 valence electrons. The van der Waals surface area contributed by atoms with Crippen LogP contribution in [0, 0.1) is 10.1 Å². The molecule has 2 N–H and O–H groups in total. The summed E-state index contributed by atoms with van der Waals surface area (Å²) < 4.78 is 1.71. The topological polar surface area (TPSA) is 85.0 Å². The zero-order chi connectivity index (χ0) is 14.5. The van der Waals surface area contributed by atoms with Crippen LogP contribution in [0.4, 0.5) is 11.4 Å². The number of nitro groups is 1. The molecule has 1 aromatic carbocycles. The third-order valence-corrected chi connectivity index (χ3v) is 2.78. The first-order valence-corrected chi connectivity index (χ1v) is 6.23. The molecule has 7 nitrogen and oxygen atoms in total. The fourth-order valence-corrected chi connectivity index (χ4v) is 1.76. The number of hydrogen-bond donors (Lipinski definition) is 2. The van der Waals surface area contributed by atoms with Crippen LogP contribution in [0.5, 0.6) is 0 Å². The average molecular weight is 291 g/mol. The average Bonchev–Trinajstić information content (AvgIpc) is 2.83. The summed E-state index contributed by atoms with van der Waals surface area (Å²) in [6.07, 6.45) is 1.85. The van der Waals surface area contributed by atoms with E-state index in [2.05, 4.69) is 15.7 Å². The monoisotopic (exact) mass is 291 g/mol. The lowest BCUT2D eigenvalue weighted by Gasteiger charge is -2.09. The molecular formula is C12H13N5O2S. The van der Waals surface area contributed by atoms with Crippen molar-refractivity contribution in [3.63, 3.8) is 0 Å². The van der Waals surface area contributed by atoms with Crippen LogP contribution in [-0.2, 0) is 13.6 Å². The van der Waals surface area contributed by atoms with E-state index in [4.69, 9.17) is 12.2 Å². The van der Waals surface area contributed by atoms with Gasteiger partial charge >= 0.3 is 0 Å². The van der Waals surface area contributed by atoms with Gasteiger partial charge in [-0.3, -0.25) is 14.8 Å².